The van der Waals surface area contributed by atoms with Crippen LogP contribution >= 0.6 is 0 Å². The Morgan fingerprint density at radius 2 is 2.19 bits per heavy atom. The molecule has 0 bridgehead atoms. The van der Waals surface area contributed by atoms with Gasteiger partial charge in [-0.25, -0.2) is 4.98 Å². The molecule has 0 spiro atoms. The van der Waals surface area contributed by atoms with Crippen molar-refractivity contribution >= 4 is 22.6 Å². The molecule has 0 aliphatic heterocycles. The van der Waals surface area contributed by atoms with Gasteiger partial charge >= 0.3 is 0 Å². The Kier molecular flexibility index (Phi) is 4.72. The molecule has 0 aliphatic carbocycles. The van der Waals surface area contributed by atoms with E-state index in [2.05, 4.69) is 21.7 Å². The van der Waals surface area contributed by atoms with Gasteiger partial charge in [0.2, 0.25) is 5.91 Å². The zero-order chi connectivity index (χ0) is 15.2. The summed E-state index contributed by atoms with van der Waals surface area (Å²) in [4.78, 5) is 16.3. The number of nitrogens with one attached hydrogen (secondary N) is 2. The summed E-state index contributed by atoms with van der Waals surface area (Å²) < 4.78 is 0. The van der Waals surface area contributed by atoms with Gasteiger partial charge in [-0.3, -0.25) is 4.79 Å². The molecule has 1 amide bonds. The van der Waals surface area contributed by atoms with Crippen LogP contribution in [0.3, 0.4) is 0 Å². The summed E-state index contributed by atoms with van der Waals surface area (Å²) >= 11 is 0. The van der Waals surface area contributed by atoms with Crippen molar-refractivity contribution in [2.75, 3.05) is 11.9 Å². The molecule has 2 aromatic rings. The maximum Gasteiger partial charge on any atom is 0.242 e. The predicted octanol–water partition coefficient (Wildman–Crippen LogP) is 2.43. The van der Waals surface area contributed by atoms with Crippen LogP contribution in [-0.4, -0.2) is 23.5 Å². The molecule has 0 fully saturated rings. The average molecular weight is 282 g/mol. The number of carbonyl (C=O) groups excluding carboxylic acids is 1. The second-order valence-electron chi connectivity index (χ2n) is 4.84. The minimum atomic E-state index is -0.406. The van der Waals surface area contributed by atoms with E-state index in [1.807, 2.05) is 31.2 Å². The number of carbonyl (C=O) groups is 1. The molecule has 1 heterocycles. The molecule has 108 valence electrons. The highest BCUT2D eigenvalue weighted by atomic mass is 16.2. The first kappa shape index (κ1) is 14.8. The van der Waals surface area contributed by atoms with Crippen molar-refractivity contribution in [2.24, 2.45) is 0 Å². The molecule has 21 heavy (non-hydrogen) atoms. The molecule has 0 radical (unpaired) electrons. The Morgan fingerprint density at radius 3 is 2.90 bits per heavy atom. The Bertz CT molecular complexity index is 690. The second-order valence-corrected chi connectivity index (χ2v) is 4.84. The number of rotatable bonds is 5. The van der Waals surface area contributed by atoms with Crippen molar-refractivity contribution in [3.8, 4) is 6.07 Å². The number of para-hydroxylation sites is 1. The highest BCUT2D eigenvalue weighted by Crippen LogP contribution is 2.20. The topological polar surface area (TPSA) is 77.8 Å². The molecular weight excluding hydrogens is 264 g/mol. The number of benzene rings is 1. The summed E-state index contributed by atoms with van der Waals surface area (Å²) in [5.74, 6) is 0.453. The van der Waals surface area contributed by atoms with Gasteiger partial charge in [-0.15, -0.1) is 0 Å². The van der Waals surface area contributed by atoms with E-state index in [4.69, 9.17) is 0 Å². The van der Waals surface area contributed by atoms with Crippen LogP contribution in [0.15, 0.2) is 30.3 Å². The highest BCUT2D eigenvalue weighted by molar-refractivity contribution is 5.88. The van der Waals surface area contributed by atoms with Crippen molar-refractivity contribution < 1.29 is 4.79 Å². The molecule has 0 saturated carbocycles. The van der Waals surface area contributed by atoms with Crippen LogP contribution in [0.1, 0.15) is 25.8 Å². The maximum absolute atomic E-state index is 11.9. The van der Waals surface area contributed by atoms with Crippen molar-refractivity contribution in [2.45, 2.75) is 26.3 Å². The van der Waals surface area contributed by atoms with E-state index in [1.54, 1.807) is 13.0 Å². The fraction of sp³-hybridized carbons (Fsp3) is 0.312. The van der Waals surface area contributed by atoms with E-state index in [0.717, 1.165) is 17.3 Å². The lowest BCUT2D eigenvalue weighted by Gasteiger charge is -2.15. The van der Waals surface area contributed by atoms with Gasteiger partial charge in [-0.1, -0.05) is 25.1 Å². The predicted molar refractivity (Wildman–Crippen MR) is 82.8 cm³/mol. The summed E-state index contributed by atoms with van der Waals surface area (Å²) in [5.41, 5.74) is 1.28. The lowest BCUT2D eigenvalue weighted by atomic mass is 10.1. The molecule has 5 heteroatoms. The van der Waals surface area contributed by atoms with Crippen LogP contribution in [-0.2, 0) is 4.79 Å². The van der Waals surface area contributed by atoms with Crippen LogP contribution in [0.5, 0.6) is 0 Å². The fourth-order valence-corrected chi connectivity index (χ4v) is 2.03. The third-order valence-electron chi connectivity index (χ3n) is 3.14. The van der Waals surface area contributed by atoms with Crippen LogP contribution in [0.4, 0.5) is 5.82 Å². The van der Waals surface area contributed by atoms with E-state index in [1.165, 1.54) is 0 Å². The lowest BCUT2D eigenvalue weighted by molar-refractivity contribution is -0.121. The lowest BCUT2D eigenvalue weighted by Crippen LogP contribution is -2.38. The van der Waals surface area contributed by atoms with Crippen molar-refractivity contribution in [1.29, 1.82) is 5.26 Å². The van der Waals surface area contributed by atoms with E-state index < -0.39 is 6.04 Å². The zero-order valence-electron chi connectivity index (χ0n) is 12.2. The summed E-state index contributed by atoms with van der Waals surface area (Å²) in [6, 6.07) is 10.9. The molecular formula is C16H18N4O. The second kappa shape index (κ2) is 6.71. The number of aromatic nitrogens is 1. The molecule has 0 aliphatic rings. The summed E-state index contributed by atoms with van der Waals surface area (Å²) in [7, 11) is 0. The minimum absolute atomic E-state index is 0.0784. The number of pyridine rings is 1. The van der Waals surface area contributed by atoms with E-state index >= 15 is 0 Å². The van der Waals surface area contributed by atoms with Crippen LogP contribution < -0.4 is 10.6 Å². The normalized spacial score (nSPS) is 11.7. The van der Waals surface area contributed by atoms with Gasteiger partial charge in [-0.2, -0.15) is 5.26 Å². The standard InChI is InChI=1S/C16H18N4O/c1-3-8-18-16(21)11(2)19-15-9-12(10-17)13-6-4-5-7-14(13)20-15/h4-7,9,11H,3,8H2,1-2H3,(H,18,21)(H,19,20). The smallest absolute Gasteiger partial charge is 0.242 e. The largest absolute Gasteiger partial charge is 0.359 e. The Balaban J connectivity index is 2.23. The molecule has 0 saturated heterocycles. The monoisotopic (exact) mass is 282 g/mol. The molecule has 1 atom stereocenters. The fourth-order valence-electron chi connectivity index (χ4n) is 2.03. The first-order chi connectivity index (χ1) is 10.2. The van der Waals surface area contributed by atoms with Crippen molar-refractivity contribution in [3.63, 3.8) is 0 Å². The quantitative estimate of drug-likeness (QED) is 0.883. The summed E-state index contributed by atoms with van der Waals surface area (Å²) in [6.07, 6.45) is 0.894. The van der Waals surface area contributed by atoms with Crippen LogP contribution in [0.2, 0.25) is 0 Å². The Morgan fingerprint density at radius 1 is 1.43 bits per heavy atom. The summed E-state index contributed by atoms with van der Waals surface area (Å²) in [5, 5.41) is 15.9. The van der Waals surface area contributed by atoms with Gasteiger partial charge in [0.15, 0.2) is 0 Å². The van der Waals surface area contributed by atoms with Gasteiger partial charge in [0, 0.05) is 11.9 Å². The van der Waals surface area contributed by atoms with Crippen molar-refractivity contribution in [1.82, 2.24) is 10.3 Å². The number of hydrogen-bond donors (Lipinski definition) is 2. The number of nitrogens with zero attached hydrogens (tertiary/aromatic N) is 2. The average Bonchev–Trinajstić information content (AvgIpc) is 2.51. The zero-order valence-corrected chi connectivity index (χ0v) is 12.2. The molecule has 1 aromatic heterocycles. The first-order valence-electron chi connectivity index (χ1n) is 7.00. The number of nitriles is 1. The van der Waals surface area contributed by atoms with Gasteiger partial charge in [-0.05, 0) is 25.5 Å². The van der Waals surface area contributed by atoms with Crippen LogP contribution in [0, 0.1) is 11.3 Å². The van der Waals surface area contributed by atoms with Gasteiger partial charge < -0.3 is 10.6 Å². The van der Waals surface area contributed by atoms with E-state index in [9.17, 15) is 10.1 Å². The first-order valence-corrected chi connectivity index (χ1v) is 7.00. The maximum atomic E-state index is 11.9. The van der Waals surface area contributed by atoms with Crippen molar-refractivity contribution in [3.05, 3.63) is 35.9 Å². The molecule has 1 unspecified atom stereocenters. The number of anilines is 1. The van der Waals surface area contributed by atoms with Crippen LogP contribution in [0.25, 0.3) is 10.9 Å². The molecule has 2 N–H and O–H groups in total. The minimum Gasteiger partial charge on any atom is -0.359 e. The van der Waals surface area contributed by atoms with E-state index in [-0.39, 0.29) is 5.91 Å². The van der Waals surface area contributed by atoms with Gasteiger partial charge in [0.25, 0.3) is 0 Å². The molecule has 5 nitrogen and oxygen atoms in total. The number of fused-ring (bicyclic) bond motifs is 1. The third kappa shape index (κ3) is 3.48. The summed E-state index contributed by atoms with van der Waals surface area (Å²) in [6.45, 7) is 4.43. The van der Waals surface area contributed by atoms with Gasteiger partial charge in [0.05, 0.1) is 17.1 Å². The Labute approximate surface area is 124 Å². The number of hydrogen-bond acceptors (Lipinski definition) is 4. The Hall–Kier alpha value is -2.61. The SMILES string of the molecule is CCCNC(=O)C(C)Nc1cc(C#N)c2ccccc2n1. The van der Waals surface area contributed by atoms with Gasteiger partial charge in [0.1, 0.15) is 11.9 Å². The van der Waals surface area contributed by atoms with E-state index in [0.29, 0.717) is 17.9 Å². The highest BCUT2D eigenvalue weighted by Gasteiger charge is 2.13. The molecule has 2 rings (SSSR count). The molecule has 1 aromatic carbocycles. The third-order valence-corrected chi connectivity index (χ3v) is 3.14. The number of amides is 1.